The van der Waals surface area contributed by atoms with Crippen LogP contribution in [0.5, 0.6) is 0 Å². The zero-order chi connectivity index (χ0) is 14.2. The van der Waals surface area contributed by atoms with Gasteiger partial charge in [0.1, 0.15) is 11.6 Å². The molecule has 0 aliphatic rings. The monoisotopic (exact) mass is 263 g/mol. The summed E-state index contributed by atoms with van der Waals surface area (Å²) in [5.41, 5.74) is 7.82. The summed E-state index contributed by atoms with van der Waals surface area (Å²) >= 11 is 0. The molecule has 0 saturated heterocycles. The minimum Gasteiger partial charge on any atom is -0.327 e. The van der Waals surface area contributed by atoms with Crippen LogP contribution in [0.25, 0.3) is 11.0 Å². The second kappa shape index (κ2) is 5.29. The smallest absolute Gasteiger partial charge is 0.125 e. The van der Waals surface area contributed by atoms with Gasteiger partial charge >= 0.3 is 0 Å². The van der Waals surface area contributed by atoms with Crippen LogP contribution in [0.4, 0.5) is 4.39 Å². The first-order valence-electron chi connectivity index (χ1n) is 6.82. The molecule has 2 rings (SSSR count). The highest BCUT2D eigenvalue weighted by Gasteiger charge is 2.17. The molecular weight excluding hydrogens is 241 g/mol. The van der Waals surface area contributed by atoms with Crippen molar-refractivity contribution in [2.45, 2.75) is 46.2 Å². The summed E-state index contributed by atoms with van der Waals surface area (Å²) in [6.45, 7) is 8.42. The predicted molar refractivity (Wildman–Crippen MR) is 76.6 cm³/mol. The number of fused-ring (bicyclic) bond motifs is 1. The van der Waals surface area contributed by atoms with Gasteiger partial charge in [-0.2, -0.15) is 0 Å². The van der Waals surface area contributed by atoms with Gasteiger partial charge in [-0.1, -0.05) is 13.8 Å². The lowest BCUT2D eigenvalue weighted by Gasteiger charge is -2.18. The molecule has 2 N–H and O–H groups in total. The van der Waals surface area contributed by atoms with Crippen molar-refractivity contribution in [1.82, 2.24) is 9.55 Å². The van der Waals surface area contributed by atoms with Crippen molar-refractivity contribution in [3.05, 3.63) is 29.8 Å². The second-order valence-corrected chi connectivity index (χ2v) is 5.74. The van der Waals surface area contributed by atoms with Crippen LogP contribution in [0.1, 0.15) is 39.6 Å². The molecule has 0 radical (unpaired) electrons. The Morgan fingerprint density at radius 1 is 1.26 bits per heavy atom. The number of hydrogen-bond acceptors (Lipinski definition) is 2. The Morgan fingerprint density at radius 2 is 1.95 bits per heavy atom. The van der Waals surface area contributed by atoms with E-state index in [-0.39, 0.29) is 17.9 Å². The van der Waals surface area contributed by atoms with E-state index < -0.39 is 0 Å². The summed E-state index contributed by atoms with van der Waals surface area (Å²) in [7, 11) is 0. The average Bonchev–Trinajstić information content (AvgIpc) is 2.65. The Hall–Kier alpha value is -1.42. The van der Waals surface area contributed by atoms with Crippen LogP contribution in [-0.4, -0.2) is 15.6 Å². The Balaban J connectivity index is 2.50. The summed E-state index contributed by atoms with van der Waals surface area (Å²) in [4.78, 5) is 4.56. The van der Waals surface area contributed by atoms with Crippen LogP contribution in [0.3, 0.4) is 0 Å². The van der Waals surface area contributed by atoms with Gasteiger partial charge < -0.3 is 10.3 Å². The first kappa shape index (κ1) is 14.0. The van der Waals surface area contributed by atoms with E-state index in [1.807, 2.05) is 0 Å². The zero-order valence-electron chi connectivity index (χ0n) is 12.0. The number of halogens is 1. The molecule has 0 saturated carbocycles. The minimum atomic E-state index is -0.249. The molecule has 0 spiro atoms. The van der Waals surface area contributed by atoms with Gasteiger partial charge in [0.15, 0.2) is 0 Å². The molecule has 1 aromatic carbocycles. The summed E-state index contributed by atoms with van der Waals surface area (Å²) in [5.74, 6) is 1.09. The lowest BCUT2D eigenvalue weighted by Crippen LogP contribution is -2.30. The third-order valence-electron chi connectivity index (χ3n) is 3.52. The standard InChI is InChI=1S/C15H22FN3/c1-9(2)12(17)8-15-18-13-7-11(16)5-6-14(13)19(15)10(3)4/h5-7,9-10,12H,8,17H2,1-4H3. The van der Waals surface area contributed by atoms with Gasteiger partial charge in [0.25, 0.3) is 0 Å². The molecule has 3 nitrogen and oxygen atoms in total. The van der Waals surface area contributed by atoms with Gasteiger partial charge in [-0.05, 0) is 31.9 Å². The van der Waals surface area contributed by atoms with Gasteiger partial charge in [0.2, 0.25) is 0 Å². The number of nitrogens with zero attached hydrogens (tertiary/aromatic N) is 2. The van der Waals surface area contributed by atoms with Crippen molar-refractivity contribution in [1.29, 1.82) is 0 Å². The summed E-state index contributed by atoms with van der Waals surface area (Å²) in [6.07, 6.45) is 0.714. The molecule has 4 heteroatoms. The van der Waals surface area contributed by atoms with Crippen LogP contribution >= 0.6 is 0 Å². The molecule has 19 heavy (non-hydrogen) atoms. The largest absolute Gasteiger partial charge is 0.327 e. The Kier molecular flexibility index (Phi) is 3.90. The molecule has 0 fully saturated rings. The number of aromatic nitrogens is 2. The SMILES string of the molecule is CC(C)C(N)Cc1nc2cc(F)ccc2n1C(C)C. The second-order valence-electron chi connectivity index (χ2n) is 5.74. The van der Waals surface area contributed by atoms with E-state index in [0.29, 0.717) is 17.9 Å². The Labute approximate surface area is 113 Å². The lowest BCUT2D eigenvalue weighted by molar-refractivity contribution is 0.464. The topological polar surface area (TPSA) is 43.8 Å². The third kappa shape index (κ3) is 2.78. The van der Waals surface area contributed by atoms with Crippen LogP contribution in [-0.2, 0) is 6.42 Å². The molecule has 0 amide bonds. The molecule has 0 aliphatic heterocycles. The molecule has 1 heterocycles. The van der Waals surface area contributed by atoms with Gasteiger partial charge in [-0.25, -0.2) is 9.37 Å². The highest BCUT2D eigenvalue weighted by molar-refractivity contribution is 5.76. The fraction of sp³-hybridized carbons (Fsp3) is 0.533. The summed E-state index contributed by atoms with van der Waals surface area (Å²) < 4.78 is 15.4. The molecule has 2 aromatic rings. The molecule has 1 unspecified atom stereocenters. The van der Waals surface area contributed by atoms with Crippen molar-refractivity contribution < 1.29 is 4.39 Å². The predicted octanol–water partition coefficient (Wildman–Crippen LogP) is 3.28. The van der Waals surface area contributed by atoms with Crippen molar-refractivity contribution in [2.75, 3.05) is 0 Å². The van der Waals surface area contributed by atoms with E-state index in [2.05, 4.69) is 37.2 Å². The number of rotatable bonds is 4. The summed E-state index contributed by atoms with van der Waals surface area (Å²) in [5, 5.41) is 0. The van der Waals surface area contributed by atoms with Crippen molar-refractivity contribution in [3.8, 4) is 0 Å². The molecule has 1 atom stereocenters. The quantitative estimate of drug-likeness (QED) is 0.920. The van der Waals surface area contributed by atoms with Crippen LogP contribution < -0.4 is 5.73 Å². The fourth-order valence-electron chi connectivity index (χ4n) is 2.29. The van der Waals surface area contributed by atoms with Crippen molar-refractivity contribution in [3.63, 3.8) is 0 Å². The van der Waals surface area contributed by atoms with Gasteiger partial charge in [0, 0.05) is 24.6 Å². The fourth-order valence-corrected chi connectivity index (χ4v) is 2.29. The Bertz CT molecular complexity index is 572. The van der Waals surface area contributed by atoms with E-state index in [1.54, 1.807) is 6.07 Å². The molecule has 0 aliphatic carbocycles. The first-order chi connectivity index (χ1) is 8.90. The number of benzene rings is 1. The lowest BCUT2D eigenvalue weighted by atomic mass is 10.0. The van der Waals surface area contributed by atoms with Gasteiger partial charge in [0.05, 0.1) is 11.0 Å². The van der Waals surface area contributed by atoms with E-state index in [1.165, 1.54) is 12.1 Å². The molecular formula is C15H22FN3. The highest BCUT2D eigenvalue weighted by atomic mass is 19.1. The zero-order valence-corrected chi connectivity index (χ0v) is 12.0. The maximum atomic E-state index is 13.3. The van der Waals surface area contributed by atoms with Crippen LogP contribution in [0.2, 0.25) is 0 Å². The average molecular weight is 263 g/mol. The number of imidazole rings is 1. The van der Waals surface area contributed by atoms with Crippen molar-refractivity contribution >= 4 is 11.0 Å². The normalized spacial score (nSPS) is 13.7. The molecule has 1 aromatic heterocycles. The van der Waals surface area contributed by atoms with E-state index >= 15 is 0 Å². The molecule has 0 bridgehead atoms. The van der Waals surface area contributed by atoms with E-state index in [0.717, 1.165) is 11.3 Å². The number of hydrogen-bond donors (Lipinski definition) is 1. The van der Waals surface area contributed by atoms with Crippen LogP contribution in [0.15, 0.2) is 18.2 Å². The van der Waals surface area contributed by atoms with E-state index in [9.17, 15) is 4.39 Å². The highest BCUT2D eigenvalue weighted by Crippen LogP contribution is 2.23. The third-order valence-corrected chi connectivity index (χ3v) is 3.52. The Morgan fingerprint density at radius 3 is 2.53 bits per heavy atom. The molecule has 104 valence electrons. The van der Waals surface area contributed by atoms with Gasteiger partial charge in [-0.3, -0.25) is 0 Å². The summed E-state index contributed by atoms with van der Waals surface area (Å²) in [6, 6.07) is 5.11. The van der Waals surface area contributed by atoms with Crippen molar-refractivity contribution in [2.24, 2.45) is 11.7 Å². The maximum Gasteiger partial charge on any atom is 0.125 e. The van der Waals surface area contributed by atoms with Crippen LogP contribution in [0, 0.1) is 11.7 Å². The number of nitrogens with two attached hydrogens (primary N) is 1. The van der Waals surface area contributed by atoms with E-state index in [4.69, 9.17) is 5.73 Å². The van der Waals surface area contributed by atoms with Gasteiger partial charge in [-0.15, -0.1) is 0 Å². The maximum absolute atomic E-state index is 13.3. The minimum absolute atomic E-state index is 0.0687. The first-order valence-corrected chi connectivity index (χ1v) is 6.82.